The molecule has 0 radical (unpaired) electrons. The van der Waals surface area contributed by atoms with Crippen LogP contribution in [0.2, 0.25) is 0 Å². The zero-order valence-electron chi connectivity index (χ0n) is 14.1. The van der Waals surface area contributed by atoms with Crippen LogP contribution in [0, 0.1) is 5.92 Å². The van der Waals surface area contributed by atoms with Gasteiger partial charge in [0.15, 0.2) is 0 Å². The molecule has 0 heterocycles. The largest absolute Gasteiger partial charge is 0.481 e. The number of hydrogen-bond acceptors (Lipinski definition) is 4. The Morgan fingerprint density at radius 3 is 2.18 bits per heavy atom. The maximum Gasteiger partial charge on any atom is 0.306 e. The number of aliphatic carboxylic acids is 1. The zero-order chi connectivity index (χ0) is 17.1. The minimum atomic E-state index is -0.874. The third-order valence-corrected chi connectivity index (χ3v) is 3.49. The third-order valence-electron chi connectivity index (χ3n) is 3.49. The number of ketones is 1. The predicted molar refractivity (Wildman–Crippen MR) is 85.6 cm³/mol. The van der Waals surface area contributed by atoms with Gasteiger partial charge >= 0.3 is 5.97 Å². The second kappa shape index (κ2) is 11.2. The van der Waals surface area contributed by atoms with Gasteiger partial charge in [0.1, 0.15) is 5.78 Å². The summed E-state index contributed by atoms with van der Waals surface area (Å²) in [5.41, 5.74) is 0. The van der Waals surface area contributed by atoms with Gasteiger partial charge in [0.25, 0.3) is 0 Å². The Kier molecular flexibility index (Phi) is 10.5. The lowest BCUT2D eigenvalue weighted by molar-refractivity contribution is -0.141. The molecule has 0 rings (SSSR count). The van der Waals surface area contributed by atoms with Gasteiger partial charge in [-0.25, -0.2) is 0 Å². The fourth-order valence-corrected chi connectivity index (χ4v) is 2.07. The number of carbonyl (C=O) groups excluding carboxylic acids is 2. The summed E-state index contributed by atoms with van der Waals surface area (Å²) in [5.74, 6) is -1.35. The van der Waals surface area contributed by atoms with Crippen molar-refractivity contribution < 1.29 is 19.5 Å². The van der Waals surface area contributed by atoms with Gasteiger partial charge in [0.2, 0.25) is 5.91 Å². The van der Waals surface area contributed by atoms with Crippen LogP contribution in [0.3, 0.4) is 0 Å². The predicted octanol–water partition coefficient (Wildman–Crippen LogP) is 1.73. The number of amides is 1. The third kappa shape index (κ3) is 10.3. The number of carboxylic acids is 1. The summed E-state index contributed by atoms with van der Waals surface area (Å²) in [5, 5.41) is 14.7. The number of Topliss-reactive ketones (excluding diaryl/α,β-unsaturated/α-hetero) is 1. The first kappa shape index (κ1) is 20.6. The first-order valence-corrected chi connectivity index (χ1v) is 8.00. The van der Waals surface area contributed by atoms with E-state index in [2.05, 4.69) is 10.6 Å². The average Bonchev–Trinajstić information content (AvgIpc) is 2.42. The van der Waals surface area contributed by atoms with E-state index in [0.717, 1.165) is 19.3 Å². The van der Waals surface area contributed by atoms with Crippen molar-refractivity contribution in [2.24, 2.45) is 5.92 Å². The summed E-state index contributed by atoms with van der Waals surface area (Å²) in [6, 6.07) is 0.150. The fourth-order valence-electron chi connectivity index (χ4n) is 2.07. The number of carbonyl (C=O) groups is 3. The molecule has 2 atom stereocenters. The normalized spacial score (nSPS) is 13.7. The van der Waals surface area contributed by atoms with Gasteiger partial charge in [-0.05, 0) is 32.6 Å². The Labute approximate surface area is 133 Å². The summed E-state index contributed by atoms with van der Waals surface area (Å²) < 4.78 is 0. The Balaban J connectivity index is 3.76. The van der Waals surface area contributed by atoms with Crippen molar-refractivity contribution >= 4 is 17.7 Å². The van der Waals surface area contributed by atoms with Crippen molar-refractivity contribution in [2.45, 2.75) is 71.9 Å². The Hall–Kier alpha value is -1.43. The van der Waals surface area contributed by atoms with Gasteiger partial charge in [-0.3, -0.25) is 14.4 Å². The van der Waals surface area contributed by atoms with Crippen molar-refractivity contribution in [3.8, 4) is 0 Å². The number of rotatable bonds is 12. The maximum atomic E-state index is 11.6. The van der Waals surface area contributed by atoms with Crippen LogP contribution in [0.4, 0.5) is 0 Å². The first-order chi connectivity index (χ1) is 10.2. The number of unbranched alkanes of at least 4 members (excludes halogenated alkanes) is 1. The lowest BCUT2D eigenvalue weighted by Crippen LogP contribution is -2.39. The quantitative estimate of drug-likeness (QED) is 0.477. The van der Waals surface area contributed by atoms with E-state index < -0.39 is 11.9 Å². The van der Waals surface area contributed by atoms with Crippen LogP contribution >= 0.6 is 0 Å². The first-order valence-electron chi connectivity index (χ1n) is 8.00. The molecule has 3 N–H and O–H groups in total. The highest BCUT2D eigenvalue weighted by atomic mass is 16.4. The Morgan fingerprint density at radius 2 is 1.68 bits per heavy atom. The highest BCUT2D eigenvalue weighted by molar-refractivity contribution is 5.81. The molecular weight excluding hydrogens is 284 g/mol. The molecular formula is C16H30N2O4. The Morgan fingerprint density at radius 1 is 1.05 bits per heavy atom. The van der Waals surface area contributed by atoms with Gasteiger partial charge < -0.3 is 15.7 Å². The standard InChI is InChI=1S/C16H30N2O4/c1-11(2)18-14(13(4)19)7-5-6-10-17-15(20)9-8-12(3)16(21)22/h11-12,14,18H,5-10H2,1-4H3,(H,17,20)(H,21,22)/t12-,14-/m0/s1. The number of nitrogens with one attached hydrogen (secondary N) is 2. The van der Waals surface area contributed by atoms with Crippen LogP contribution < -0.4 is 10.6 Å². The molecule has 0 saturated heterocycles. The van der Waals surface area contributed by atoms with E-state index in [1.807, 2.05) is 13.8 Å². The molecule has 1 amide bonds. The van der Waals surface area contributed by atoms with E-state index >= 15 is 0 Å². The molecule has 0 aliphatic heterocycles. The lowest BCUT2D eigenvalue weighted by Gasteiger charge is -2.18. The smallest absolute Gasteiger partial charge is 0.306 e. The van der Waals surface area contributed by atoms with E-state index in [1.54, 1.807) is 13.8 Å². The van der Waals surface area contributed by atoms with E-state index in [4.69, 9.17) is 5.11 Å². The second-order valence-corrected chi connectivity index (χ2v) is 6.11. The van der Waals surface area contributed by atoms with Crippen molar-refractivity contribution in [3.05, 3.63) is 0 Å². The van der Waals surface area contributed by atoms with E-state index in [0.29, 0.717) is 13.0 Å². The minimum absolute atomic E-state index is 0.114. The average molecular weight is 314 g/mol. The Bertz CT molecular complexity index is 369. The van der Waals surface area contributed by atoms with Crippen LogP contribution in [0.25, 0.3) is 0 Å². The molecule has 0 unspecified atom stereocenters. The van der Waals surface area contributed by atoms with Crippen LogP contribution in [0.5, 0.6) is 0 Å². The molecule has 6 nitrogen and oxygen atoms in total. The van der Waals surface area contributed by atoms with Crippen LogP contribution in [-0.4, -0.2) is 41.4 Å². The molecule has 0 aliphatic carbocycles. The molecule has 0 aromatic carbocycles. The highest BCUT2D eigenvalue weighted by Crippen LogP contribution is 2.06. The van der Waals surface area contributed by atoms with Gasteiger partial charge in [-0.2, -0.15) is 0 Å². The van der Waals surface area contributed by atoms with Gasteiger partial charge in [-0.15, -0.1) is 0 Å². The van der Waals surface area contributed by atoms with E-state index in [-0.39, 0.29) is 30.2 Å². The van der Waals surface area contributed by atoms with E-state index in [9.17, 15) is 14.4 Å². The molecule has 22 heavy (non-hydrogen) atoms. The lowest BCUT2D eigenvalue weighted by atomic mass is 10.0. The van der Waals surface area contributed by atoms with Crippen LogP contribution in [0.15, 0.2) is 0 Å². The van der Waals surface area contributed by atoms with Crippen molar-refractivity contribution in [2.75, 3.05) is 6.54 Å². The molecule has 0 fully saturated rings. The minimum Gasteiger partial charge on any atom is -0.481 e. The molecule has 0 spiro atoms. The fraction of sp³-hybridized carbons (Fsp3) is 0.812. The summed E-state index contributed by atoms with van der Waals surface area (Å²) >= 11 is 0. The molecule has 0 saturated carbocycles. The van der Waals surface area contributed by atoms with Crippen molar-refractivity contribution in [1.29, 1.82) is 0 Å². The van der Waals surface area contributed by atoms with Gasteiger partial charge in [0.05, 0.1) is 12.0 Å². The monoisotopic (exact) mass is 314 g/mol. The summed E-state index contributed by atoms with van der Waals surface area (Å²) in [6.45, 7) is 7.76. The van der Waals surface area contributed by atoms with Crippen molar-refractivity contribution in [1.82, 2.24) is 10.6 Å². The van der Waals surface area contributed by atoms with Crippen LogP contribution in [-0.2, 0) is 14.4 Å². The molecule has 0 bridgehead atoms. The van der Waals surface area contributed by atoms with Gasteiger partial charge in [0, 0.05) is 19.0 Å². The zero-order valence-corrected chi connectivity index (χ0v) is 14.1. The molecule has 0 aliphatic rings. The van der Waals surface area contributed by atoms with Crippen molar-refractivity contribution in [3.63, 3.8) is 0 Å². The number of carboxylic acid groups (broad SMARTS) is 1. The van der Waals surface area contributed by atoms with Gasteiger partial charge in [-0.1, -0.05) is 20.8 Å². The molecule has 128 valence electrons. The topological polar surface area (TPSA) is 95.5 Å². The molecule has 6 heteroatoms. The number of hydrogen-bond donors (Lipinski definition) is 3. The van der Waals surface area contributed by atoms with Crippen LogP contribution in [0.1, 0.15) is 59.8 Å². The molecule has 0 aromatic rings. The summed E-state index contributed by atoms with van der Waals surface area (Å²) in [7, 11) is 0. The van der Waals surface area contributed by atoms with E-state index in [1.165, 1.54) is 0 Å². The summed E-state index contributed by atoms with van der Waals surface area (Å²) in [4.78, 5) is 33.7. The summed E-state index contributed by atoms with van der Waals surface area (Å²) in [6.07, 6.45) is 3.02. The SMILES string of the molecule is CC(=O)[C@H](CCCCNC(=O)CC[C@H](C)C(=O)O)NC(C)C. The molecule has 0 aromatic heterocycles. The highest BCUT2D eigenvalue weighted by Gasteiger charge is 2.15. The second-order valence-electron chi connectivity index (χ2n) is 6.11. The maximum absolute atomic E-state index is 11.6.